The number of hydrogen-bond acceptors (Lipinski definition) is 4. The molecule has 0 unspecified atom stereocenters. The molecule has 2 atom stereocenters. The number of thiocarbonyl (C=S) groups is 1. The fraction of sp³-hybridized carbons (Fsp3) is 0.304. The lowest BCUT2D eigenvalue weighted by Crippen LogP contribution is -2.32. The van der Waals surface area contributed by atoms with E-state index in [-0.39, 0.29) is 17.9 Å². The summed E-state index contributed by atoms with van der Waals surface area (Å²) in [5.74, 6) is 1.17. The molecule has 162 valence electrons. The van der Waals surface area contributed by atoms with Crippen LogP contribution in [0.15, 0.2) is 63.6 Å². The lowest BCUT2D eigenvalue weighted by atomic mass is 10.0. The van der Waals surface area contributed by atoms with Crippen LogP contribution in [0.25, 0.3) is 11.3 Å². The van der Waals surface area contributed by atoms with Crippen LogP contribution >= 0.6 is 28.1 Å². The monoisotopic (exact) mass is 502 g/mol. The van der Waals surface area contributed by atoms with Crippen LogP contribution < -0.4 is 5.32 Å². The van der Waals surface area contributed by atoms with Gasteiger partial charge in [-0.05, 0) is 97.7 Å². The van der Waals surface area contributed by atoms with Gasteiger partial charge in [-0.2, -0.15) is 0 Å². The van der Waals surface area contributed by atoms with Gasteiger partial charge in [0.05, 0.1) is 11.7 Å². The van der Waals surface area contributed by atoms with E-state index in [1.807, 2.05) is 30.3 Å². The number of furan rings is 1. The normalized spacial score (nSPS) is 18.6. The summed E-state index contributed by atoms with van der Waals surface area (Å²) in [6.45, 7) is 1.76. The molecule has 1 N–H and O–H groups in total. The molecular formula is C23H24BrFN4OS. The molecule has 1 fully saturated rings. The van der Waals surface area contributed by atoms with Crippen LogP contribution in [-0.4, -0.2) is 47.1 Å². The van der Waals surface area contributed by atoms with Gasteiger partial charge in [0.25, 0.3) is 0 Å². The first kappa shape index (κ1) is 21.9. The first-order chi connectivity index (χ1) is 14.9. The van der Waals surface area contributed by atoms with Crippen LogP contribution in [-0.2, 0) is 0 Å². The molecule has 3 heterocycles. The van der Waals surface area contributed by atoms with Crippen LogP contribution in [0.2, 0.25) is 0 Å². The van der Waals surface area contributed by atoms with Gasteiger partial charge in [-0.1, -0.05) is 6.07 Å². The zero-order chi connectivity index (χ0) is 22.0. The summed E-state index contributed by atoms with van der Waals surface area (Å²) >= 11 is 9.13. The Morgan fingerprint density at radius 3 is 2.77 bits per heavy atom. The highest BCUT2D eigenvalue weighted by Crippen LogP contribution is 2.41. The molecule has 0 bridgehead atoms. The van der Waals surface area contributed by atoms with Crippen molar-refractivity contribution in [3.8, 4) is 11.3 Å². The molecule has 8 heteroatoms. The third-order valence-corrected chi connectivity index (χ3v) is 6.33. The van der Waals surface area contributed by atoms with Gasteiger partial charge in [-0.3, -0.25) is 4.98 Å². The van der Waals surface area contributed by atoms with Crippen LogP contribution in [0.1, 0.15) is 30.0 Å². The van der Waals surface area contributed by atoms with Gasteiger partial charge in [0.15, 0.2) is 5.11 Å². The Hall–Kier alpha value is -2.29. The summed E-state index contributed by atoms with van der Waals surface area (Å²) in [5.41, 5.74) is 1.71. The first-order valence-electron chi connectivity index (χ1n) is 10.1. The van der Waals surface area contributed by atoms with Crippen molar-refractivity contribution in [3.63, 3.8) is 0 Å². The number of nitrogens with one attached hydrogen (secondary N) is 1. The Morgan fingerprint density at radius 1 is 1.23 bits per heavy atom. The highest BCUT2D eigenvalue weighted by atomic mass is 79.9. The van der Waals surface area contributed by atoms with Crippen molar-refractivity contribution in [2.45, 2.75) is 18.5 Å². The minimum absolute atomic E-state index is 0.122. The zero-order valence-electron chi connectivity index (χ0n) is 17.4. The highest BCUT2D eigenvalue weighted by molar-refractivity contribution is 9.10. The highest BCUT2D eigenvalue weighted by Gasteiger charge is 2.41. The number of aromatic nitrogens is 1. The maximum absolute atomic E-state index is 13.5. The van der Waals surface area contributed by atoms with E-state index in [9.17, 15) is 4.39 Å². The maximum atomic E-state index is 13.5. The molecule has 0 saturated carbocycles. The Bertz CT molecular complexity index is 1060. The molecule has 1 aliphatic rings. The molecule has 1 saturated heterocycles. The van der Waals surface area contributed by atoms with Crippen LogP contribution in [0.4, 0.5) is 4.39 Å². The van der Waals surface area contributed by atoms with Gasteiger partial charge >= 0.3 is 0 Å². The average Bonchev–Trinajstić information content (AvgIpc) is 3.33. The predicted octanol–water partition coefficient (Wildman–Crippen LogP) is 5.17. The van der Waals surface area contributed by atoms with Crippen molar-refractivity contribution in [2.75, 3.05) is 27.2 Å². The summed E-state index contributed by atoms with van der Waals surface area (Å²) in [5, 5.41) is 4.13. The van der Waals surface area contributed by atoms with Gasteiger partial charge in [-0.25, -0.2) is 4.39 Å². The molecule has 5 nitrogen and oxygen atoms in total. The molecule has 3 aromatic rings. The molecule has 31 heavy (non-hydrogen) atoms. The van der Waals surface area contributed by atoms with Crippen molar-refractivity contribution >= 4 is 33.3 Å². The quantitative estimate of drug-likeness (QED) is 0.449. The summed E-state index contributed by atoms with van der Waals surface area (Å²) in [4.78, 5) is 8.90. The maximum Gasteiger partial charge on any atom is 0.170 e. The molecule has 0 aliphatic carbocycles. The lowest BCUT2D eigenvalue weighted by molar-refractivity contribution is 0.261. The van der Waals surface area contributed by atoms with Gasteiger partial charge in [0, 0.05) is 22.8 Å². The van der Waals surface area contributed by atoms with Gasteiger partial charge in [0.2, 0.25) is 0 Å². The average molecular weight is 503 g/mol. The molecule has 0 radical (unpaired) electrons. The summed E-state index contributed by atoms with van der Waals surface area (Å²) < 4.78 is 20.5. The summed E-state index contributed by atoms with van der Waals surface area (Å²) in [6.07, 6.45) is 2.76. The zero-order valence-corrected chi connectivity index (χ0v) is 19.8. The first-order valence-corrected chi connectivity index (χ1v) is 11.3. The number of rotatable bonds is 7. The number of pyridine rings is 1. The number of halogens is 2. The Balaban J connectivity index is 1.68. The molecule has 0 spiro atoms. The standard InChI is InChI=1S/C23H24BrFN4OS/c1-28(2)12-5-13-29-22(21(27-23(29)31)18-6-3-4-11-26-18)20-10-9-19(30-20)16-8-7-15(25)14-17(16)24/h3-4,6-11,14,21-22H,5,12-13H2,1-2H3,(H,27,31)/t21-,22+/m0/s1. The van der Waals surface area contributed by atoms with Crippen molar-refractivity contribution in [1.29, 1.82) is 0 Å². The Kier molecular flexibility index (Phi) is 6.69. The summed E-state index contributed by atoms with van der Waals surface area (Å²) in [6, 6.07) is 14.1. The van der Waals surface area contributed by atoms with Crippen molar-refractivity contribution in [3.05, 3.63) is 76.5 Å². The number of benzene rings is 1. The van der Waals surface area contributed by atoms with Gasteiger partial charge in [-0.15, -0.1) is 0 Å². The molecule has 4 rings (SSSR count). The largest absolute Gasteiger partial charge is 0.459 e. The number of hydrogen-bond donors (Lipinski definition) is 1. The van der Waals surface area contributed by atoms with Crippen molar-refractivity contribution < 1.29 is 8.81 Å². The summed E-state index contributed by atoms with van der Waals surface area (Å²) in [7, 11) is 4.13. The van der Waals surface area contributed by atoms with E-state index >= 15 is 0 Å². The van der Waals surface area contributed by atoms with E-state index in [4.69, 9.17) is 16.6 Å². The van der Waals surface area contributed by atoms with Crippen LogP contribution in [0, 0.1) is 5.82 Å². The van der Waals surface area contributed by atoms with Crippen LogP contribution in [0.3, 0.4) is 0 Å². The van der Waals surface area contributed by atoms with Crippen LogP contribution in [0.5, 0.6) is 0 Å². The Labute approximate surface area is 195 Å². The topological polar surface area (TPSA) is 44.5 Å². The predicted molar refractivity (Wildman–Crippen MR) is 127 cm³/mol. The van der Waals surface area contributed by atoms with E-state index in [2.05, 4.69) is 50.1 Å². The molecular weight excluding hydrogens is 479 g/mol. The molecule has 2 aromatic heterocycles. The second-order valence-electron chi connectivity index (χ2n) is 7.80. The van der Waals surface area contributed by atoms with E-state index in [0.29, 0.717) is 15.3 Å². The minimum Gasteiger partial charge on any atom is -0.459 e. The lowest BCUT2D eigenvalue weighted by Gasteiger charge is -2.26. The van der Waals surface area contributed by atoms with Gasteiger partial charge < -0.3 is 19.5 Å². The second-order valence-corrected chi connectivity index (χ2v) is 9.04. The number of nitrogens with zero attached hydrogens (tertiary/aromatic N) is 3. The smallest absolute Gasteiger partial charge is 0.170 e. The van der Waals surface area contributed by atoms with Crippen molar-refractivity contribution in [1.82, 2.24) is 20.1 Å². The van der Waals surface area contributed by atoms with Crippen molar-refractivity contribution in [2.24, 2.45) is 0 Å². The second kappa shape index (κ2) is 9.46. The molecule has 0 amide bonds. The third kappa shape index (κ3) is 4.81. The molecule has 1 aromatic carbocycles. The van der Waals surface area contributed by atoms with E-state index in [1.54, 1.807) is 12.3 Å². The van der Waals surface area contributed by atoms with E-state index in [1.165, 1.54) is 12.1 Å². The minimum atomic E-state index is -0.296. The molecule has 1 aliphatic heterocycles. The van der Waals surface area contributed by atoms with E-state index in [0.717, 1.165) is 36.5 Å². The SMILES string of the molecule is CN(C)CCCN1C(=S)N[C@@H](c2ccccn2)[C@H]1c1ccc(-c2ccc(F)cc2Br)o1. The van der Waals surface area contributed by atoms with Gasteiger partial charge in [0.1, 0.15) is 23.4 Å². The fourth-order valence-corrected chi connectivity index (χ4v) is 4.74. The third-order valence-electron chi connectivity index (χ3n) is 5.32. The Morgan fingerprint density at radius 2 is 2.06 bits per heavy atom. The fourth-order valence-electron chi connectivity index (χ4n) is 3.86. The van der Waals surface area contributed by atoms with E-state index < -0.39 is 0 Å².